The van der Waals surface area contributed by atoms with E-state index in [4.69, 9.17) is 4.74 Å². The van der Waals surface area contributed by atoms with Gasteiger partial charge in [0.2, 0.25) is 0 Å². The molecular weight excluding hydrogens is 308 g/mol. The van der Waals surface area contributed by atoms with Gasteiger partial charge in [0.05, 0.1) is 12.2 Å². The second-order valence-electron chi connectivity index (χ2n) is 7.80. The van der Waals surface area contributed by atoms with Gasteiger partial charge in [-0.15, -0.1) is 5.54 Å². The van der Waals surface area contributed by atoms with Crippen molar-refractivity contribution >= 4 is 8.07 Å². The summed E-state index contributed by atoms with van der Waals surface area (Å²) in [5, 5.41) is 0. The van der Waals surface area contributed by atoms with Gasteiger partial charge in [0.25, 0.3) is 0 Å². The number of hydrogen-bond donors (Lipinski definition) is 0. The van der Waals surface area contributed by atoms with Gasteiger partial charge in [-0.3, -0.25) is 0 Å². The van der Waals surface area contributed by atoms with E-state index in [9.17, 15) is 0 Å². The van der Waals surface area contributed by atoms with Gasteiger partial charge in [0.15, 0.2) is 0 Å². The van der Waals surface area contributed by atoms with Crippen molar-refractivity contribution in [3.63, 3.8) is 0 Å². The highest BCUT2D eigenvalue weighted by atomic mass is 28.3. The average Bonchev–Trinajstić information content (AvgIpc) is 3.32. The molecule has 1 nitrogen and oxygen atoms in total. The summed E-state index contributed by atoms with van der Waals surface area (Å²) in [6, 6.07) is 17.0. The van der Waals surface area contributed by atoms with Crippen LogP contribution in [0.5, 0.6) is 0 Å². The van der Waals surface area contributed by atoms with E-state index in [1.54, 1.807) is 0 Å². The number of hydrogen-bond acceptors (Lipinski definition) is 1. The highest BCUT2D eigenvalue weighted by Gasteiger charge is 2.46. The van der Waals surface area contributed by atoms with Gasteiger partial charge in [-0.05, 0) is 48.6 Å². The largest absolute Gasteiger partial charge is 0.366 e. The zero-order valence-corrected chi connectivity index (χ0v) is 16.1. The summed E-state index contributed by atoms with van der Waals surface area (Å²) >= 11 is 0. The summed E-state index contributed by atoms with van der Waals surface area (Å²) in [5.74, 6) is 3.35. The van der Waals surface area contributed by atoms with Crippen LogP contribution in [0.4, 0.5) is 0 Å². The van der Waals surface area contributed by atoms with Gasteiger partial charge in [0, 0.05) is 5.56 Å². The summed E-state index contributed by atoms with van der Waals surface area (Å²) in [6.07, 6.45) is 2.22. The lowest BCUT2D eigenvalue weighted by molar-refractivity contribution is 0.0168. The van der Waals surface area contributed by atoms with Gasteiger partial charge in [-0.2, -0.15) is 0 Å². The molecule has 124 valence electrons. The van der Waals surface area contributed by atoms with E-state index in [0.29, 0.717) is 6.61 Å². The van der Waals surface area contributed by atoms with Crippen LogP contribution in [0.25, 0.3) is 0 Å². The summed E-state index contributed by atoms with van der Waals surface area (Å²) in [6.45, 7) is 9.69. The molecule has 0 aromatic heterocycles. The maximum Gasteiger partial charge on any atom is 0.129 e. The quantitative estimate of drug-likeness (QED) is 0.535. The molecule has 1 aliphatic rings. The zero-order chi connectivity index (χ0) is 17.2. The first-order valence-electron chi connectivity index (χ1n) is 8.70. The minimum absolute atomic E-state index is 0.0787. The summed E-state index contributed by atoms with van der Waals surface area (Å²) in [4.78, 5) is 0. The Hall–Kier alpha value is -1.82. The number of aryl methyl sites for hydroxylation is 1. The molecule has 0 N–H and O–H groups in total. The van der Waals surface area contributed by atoms with Crippen LogP contribution in [-0.4, -0.2) is 8.07 Å². The Balaban J connectivity index is 1.75. The molecule has 0 unspecified atom stereocenters. The molecule has 0 amide bonds. The van der Waals surface area contributed by atoms with E-state index in [2.05, 4.69) is 80.5 Å². The van der Waals surface area contributed by atoms with Gasteiger partial charge in [-0.25, -0.2) is 0 Å². The van der Waals surface area contributed by atoms with E-state index in [0.717, 1.165) is 18.4 Å². The Labute approximate surface area is 147 Å². The van der Waals surface area contributed by atoms with Crippen molar-refractivity contribution < 1.29 is 4.74 Å². The van der Waals surface area contributed by atoms with E-state index < -0.39 is 8.07 Å². The van der Waals surface area contributed by atoms with Crippen LogP contribution in [-0.2, 0) is 16.9 Å². The molecule has 0 bridgehead atoms. The van der Waals surface area contributed by atoms with Crippen molar-refractivity contribution in [3.8, 4) is 11.5 Å². The molecule has 1 saturated carbocycles. The van der Waals surface area contributed by atoms with Crippen molar-refractivity contribution in [3.05, 3.63) is 70.8 Å². The third-order valence-electron chi connectivity index (χ3n) is 4.36. The molecule has 0 atom stereocenters. The Morgan fingerprint density at radius 2 is 1.75 bits per heavy atom. The van der Waals surface area contributed by atoms with Crippen LogP contribution < -0.4 is 0 Å². The van der Waals surface area contributed by atoms with Crippen molar-refractivity contribution in [2.45, 2.75) is 51.6 Å². The molecule has 0 aliphatic heterocycles. The SMILES string of the molecule is Cc1cc(C#C[Si](C)(C)C)ccc1C1(OCc2ccccc2)CC1. The van der Waals surface area contributed by atoms with Crippen LogP contribution in [0.2, 0.25) is 19.6 Å². The standard InChI is InChI=1S/C22H26OSi/c1-18-16-19(12-15-24(2,3)4)10-11-21(18)22(13-14-22)23-17-20-8-6-5-7-9-20/h5-11,16H,13-14,17H2,1-4H3. The molecule has 2 aromatic carbocycles. The molecule has 2 aromatic rings. The second-order valence-corrected chi connectivity index (χ2v) is 12.5. The number of benzene rings is 2. The molecule has 24 heavy (non-hydrogen) atoms. The van der Waals surface area contributed by atoms with Crippen LogP contribution in [0.15, 0.2) is 48.5 Å². The Bertz CT molecular complexity index is 771. The van der Waals surface area contributed by atoms with Crippen molar-refractivity contribution in [1.29, 1.82) is 0 Å². The van der Waals surface area contributed by atoms with Crippen LogP contribution >= 0.6 is 0 Å². The topological polar surface area (TPSA) is 9.23 Å². The predicted octanol–water partition coefficient (Wildman–Crippen LogP) is 5.43. The van der Waals surface area contributed by atoms with E-state index in [1.165, 1.54) is 16.7 Å². The van der Waals surface area contributed by atoms with E-state index in [-0.39, 0.29) is 5.60 Å². The Morgan fingerprint density at radius 1 is 1.04 bits per heavy atom. The predicted molar refractivity (Wildman–Crippen MR) is 104 cm³/mol. The molecule has 0 heterocycles. The Kier molecular flexibility index (Phi) is 4.67. The first-order valence-corrected chi connectivity index (χ1v) is 12.2. The number of rotatable bonds is 4. The van der Waals surface area contributed by atoms with Crippen LogP contribution in [0, 0.1) is 18.4 Å². The summed E-state index contributed by atoms with van der Waals surface area (Å²) in [7, 11) is -1.33. The zero-order valence-electron chi connectivity index (χ0n) is 15.1. The lowest BCUT2D eigenvalue weighted by Crippen LogP contribution is -2.16. The first kappa shape index (κ1) is 17.0. The first-order chi connectivity index (χ1) is 11.4. The average molecular weight is 335 g/mol. The molecule has 1 fully saturated rings. The lowest BCUT2D eigenvalue weighted by Gasteiger charge is -2.19. The fourth-order valence-electron chi connectivity index (χ4n) is 2.91. The van der Waals surface area contributed by atoms with Gasteiger partial charge in [-0.1, -0.05) is 62.0 Å². The highest BCUT2D eigenvalue weighted by Crippen LogP contribution is 2.50. The third kappa shape index (κ3) is 4.17. The van der Waals surface area contributed by atoms with E-state index in [1.807, 2.05) is 6.07 Å². The van der Waals surface area contributed by atoms with Crippen molar-refractivity contribution in [2.75, 3.05) is 0 Å². The fraction of sp³-hybridized carbons (Fsp3) is 0.364. The lowest BCUT2D eigenvalue weighted by atomic mass is 9.99. The van der Waals surface area contributed by atoms with Gasteiger partial charge in [0.1, 0.15) is 8.07 Å². The summed E-state index contributed by atoms with van der Waals surface area (Å²) in [5.41, 5.74) is 8.35. The van der Waals surface area contributed by atoms with Crippen LogP contribution in [0.1, 0.15) is 35.1 Å². The van der Waals surface area contributed by atoms with Crippen LogP contribution in [0.3, 0.4) is 0 Å². The minimum atomic E-state index is -1.33. The molecule has 3 rings (SSSR count). The van der Waals surface area contributed by atoms with Gasteiger partial charge < -0.3 is 4.74 Å². The minimum Gasteiger partial charge on any atom is -0.366 e. The smallest absolute Gasteiger partial charge is 0.129 e. The maximum atomic E-state index is 6.32. The fourth-order valence-corrected chi connectivity index (χ4v) is 3.43. The molecule has 1 aliphatic carbocycles. The Morgan fingerprint density at radius 3 is 2.33 bits per heavy atom. The second kappa shape index (κ2) is 6.59. The summed E-state index contributed by atoms with van der Waals surface area (Å²) < 4.78 is 6.32. The monoisotopic (exact) mass is 334 g/mol. The van der Waals surface area contributed by atoms with Crippen molar-refractivity contribution in [1.82, 2.24) is 0 Å². The molecular formula is C22H26OSi. The normalized spacial score (nSPS) is 15.5. The third-order valence-corrected chi connectivity index (χ3v) is 5.24. The molecule has 0 spiro atoms. The molecule has 0 saturated heterocycles. The van der Waals surface area contributed by atoms with E-state index >= 15 is 0 Å². The van der Waals surface area contributed by atoms with Crippen molar-refractivity contribution in [2.24, 2.45) is 0 Å². The highest BCUT2D eigenvalue weighted by molar-refractivity contribution is 6.83. The molecule has 0 radical (unpaired) electrons. The maximum absolute atomic E-state index is 6.32. The van der Waals surface area contributed by atoms with Gasteiger partial charge >= 0.3 is 0 Å². The number of ether oxygens (including phenoxy) is 1. The molecule has 2 heteroatoms.